The molecule has 2 aromatic rings. The van der Waals surface area contributed by atoms with Crippen molar-refractivity contribution >= 4 is 15.8 Å². The van der Waals surface area contributed by atoms with Crippen LogP contribution in [0.5, 0.6) is 5.75 Å². The predicted molar refractivity (Wildman–Crippen MR) is 86.1 cm³/mol. The number of nitrogens with zero attached hydrogens (tertiary/aromatic N) is 1. The third-order valence-electron chi connectivity index (χ3n) is 3.25. The molecule has 0 saturated heterocycles. The largest absolute Gasteiger partial charge is 0.372 e. The van der Waals surface area contributed by atoms with E-state index in [0.717, 1.165) is 5.56 Å². The quantitative estimate of drug-likeness (QED) is 0.483. The van der Waals surface area contributed by atoms with Crippen molar-refractivity contribution < 1.29 is 17.5 Å². The van der Waals surface area contributed by atoms with Gasteiger partial charge in [0.05, 0.1) is 4.92 Å². The van der Waals surface area contributed by atoms with E-state index in [9.17, 15) is 18.5 Å². The predicted octanol–water partition coefficient (Wildman–Crippen LogP) is 3.66. The molecule has 0 saturated carbocycles. The fourth-order valence-corrected chi connectivity index (χ4v) is 2.95. The summed E-state index contributed by atoms with van der Waals surface area (Å²) >= 11 is 0. The van der Waals surface area contributed by atoms with Crippen LogP contribution in [-0.4, -0.2) is 13.3 Å². The lowest BCUT2D eigenvalue weighted by molar-refractivity contribution is -0.385. The Bertz CT molecular complexity index is 838. The highest BCUT2D eigenvalue weighted by Crippen LogP contribution is 2.30. The van der Waals surface area contributed by atoms with Crippen molar-refractivity contribution in [2.45, 2.75) is 31.1 Å². The Morgan fingerprint density at radius 1 is 1.04 bits per heavy atom. The molecule has 6 nitrogen and oxygen atoms in total. The van der Waals surface area contributed by atoms with Gasteiger partial charge < -0.3 is 4.18 Å². The first-order chi connectivity index (χ1) is 10.6. The fraction of sp³-hybridized carbons (Fsp3) is 0.250. The van der Waals surface area contributed by atoms with Gasteiger partial charge in [-0.2, -0.15) is 8.42 Å². The summed E-state index contributed by atoms with van der Waals surface area (Å²) in [5, 5.41) is 11.0. The van der Waals surface area contributed by atoms with E-state index in [1.165, 1.54) is 36.4 Å². The first kappa shape index (κ1) is 17.0. The number of hydrogen-bond acceptors (Lipinski definition) is 5. The first-order valence-electron chi connectivity index (χ1n) is 6.90. The summed E-state index contributed by atoms with van der Waals surface area (Å²) in [7, 11) is -4.16. The van der Waals surface area contributed by atoms with Crippen LogP contribution in [-0.2, 0) is 15.5 Å². The number of rotatable bonds is 4. The zero-order valence-corrected chi connectivity index (χ0v) is 13.8. The molecule has 0 aromatic heterocycles. The van der Waals surface area contributed by atoms with Gasteiger partial charge in [0.2, 0.25) is 5.75 Å². The molecule has 0 aliphatic heterocycles. The molecule has 23 heavy (non-hydrogen) atoms. The van der Waals surface area contributed by atoms with Gasteiger partial charge in [0.15, 0.2) is 0 Å². The fourth-order valence-electron chi connectivity index (χ4n) is 1.96. The van der Waals surface area contributed by atoms with Gasteiger partial charge in [-0.25, -0.2) is 0 Å². The lowest BCUT2D eigenvalue weighted by atomic mass is 9.87. The highest BCUT2D eigenvalue weighted by molar-refractivity contribution is 7.87. The van der Waals surface area contributed by atoms with Crippen molar-refractivity contribution in [3.8, 4) is 5.75 Å². The average molecular weight is 335 g/mol. The van der Waals surface area contributed by atoms with Crippen LogP contribution in [0.2, 0.25) is 0 Å². The number of hydrogen-bond donors (Lipinski definition) is 0. The van der Waals surface area contributed by atoms with E-state index in [-0.39, 0.29) is 16.1 Å². The Kier molecular flexibility index (Phi) is 4.42. The zero-order valence-electron chi connectivity index (χ0n) is 13.0. The number of nitro benzene ring substituents is 1. The van der Waals surface area contributed by atoms with Gasteiger partial charge in [-0.05, 0) is 29.2 Å². The Morgan fingerprint density at radius 2 is 1.70 bits per heavy atom. The van der Waals surface area contributed by atoms with Crippen molar-refractivity contribution in [1.29, 1.82) is 0 Å². The third kappa shape index (κ3) is 3.87. The number of para-hydroxylation sites is 2. The number of benzene rings is 2. The monoisotopic (exact) mass is 335 g/mol. The molecule has 2 rings (SSSR count). The average Bonchev–Trinajstić information content (AvgIpc) is 2.46. The van der Waals surface area contributed by atoms with E-state index in [0.29, 0.717) is 0 Å². The summed E-state index contributed by atoms with van der Waals surface area (Å²) in [6, 6.07) is 11.7. The van der Waals surface area contributed by atoms with Gasteiger partial charge in [-0.1, -0.05) is 45.0 Å². The van der Waals surface area contributed by atoms with E-state index < -0.39 is 20.7 Å². The molecule has 0 aliphatic rings. The summed E-state index contributed by atoms with van der Waals surface area (Å²) in [4.78, 5) is 10.2. The molecule has 0 spiro atoms. The maximum Gasteiger partial charge on any atom is 0.339 e. The minimum atomic E-state index is -4.16. The van der Waals surface area contributed by atoms with Crippen LogP contribution in [0.1, 0.15) is 26.3 Å². The Morgan fingerprint density at radius 3 is 2.30 bits per heavy atom. The smallest absolute Gasteiger partial charge is 0.339 e. The second kappa shape index (κ2) is 6.00. The lowest BCUT2D eigenvalue weighted by Crippen LogP contribution is -2.15. The molecule has 0 fully saturated rings. The third-order valence-corrected chi connectivity index (χ3v) is 4.48. The van der Waals surface area contributed by atoms with Gasteiger partial charge in [0.1, 0.15) is 4.90 Å². The normalized spacial score (nSPS) is 12.0. The summed E-state index contributed by atoms with van der Waals surface area (Å²) in [6.45, 7) is 5.88. The molecule has 0 unspecified atom stereocenters. The molecular formula is C16H17NO5S. The van der Waals surface area contributed by atoms with Crippen LogP contribution < -0.4 is 4.18 Å². The first-order valence-corrected chi connectivity index (χ1v) is 8.30. The summed E-state index contributed by atoms with van der Waals surface area (Å²) in [5.41, 5.74) is 0.192. The highest BCUT2D eigenvalue weighted by atomic mass is 32.2. The van der Waals surface area contributed by atoms with Gasteiger partial charge in [-0.15, -0.1) is 0 Å². The van der Waals surface area contributed by atoms with Crippen LogP contribution in [0.3, 0.4) is 0 Å². The van der Waals surface area contributed by atoms with Crippen molar-refractivity contribution in [3.05, 3.63) is 64.2 Å². The van der Waals surface area contributed by atoms with Crippen molar-refractivity contribution in [1.82, 2.24) is 0 Å². The Hall–Kier alpha value is -2.41. The van der Waals surface area contributed by atoms with Crippen LogP contribution in [0.25, 0.3) is 0 Å². The molecule has 122 valence electrons. The zero-order chi connectivity index (χ0) is 17.3. The molecule has 0 heterocycles. The molecule has 2 aromatic carbocycles. The molecule has 0 atom stereocenters. The maximum atomic E-state index is 12.4. The van der Waals surface area contributed by atoms with Crippen LogP contribution in [0.15, 0.2) is 53.4 Å². The van der Waals surface area contributed by atoms with Crippen LogP contribution in [0.4, 0.5) is 5.69 Å². The molecule has 7 heteroatoms. The second-order valence-corrected chi connectivity index (χ2v) is 7.59. The van der Waals surface area contributed by atoms with Gasteiger partial charge in [0, 0.05) is 6.07 Å². The van der Waals surface area contributed by atoms with E-state index in [2.05, 4.69) is 0 Å². The molecule has 0 bridgehead atoms. The topological polar surface area (TPSA) is 86.5 Å². The maximum absolute atomic E-state index is 12.4. The highest BCUT2D eigenvalue weighted by Gasteiger charge is 2.24. The summed E-state index contributed by atoms with van der Waals surface area (Å²) < 4.78 is 29.8. The van der Waals surface area contributed by atoms with Crippen LogP contribution in [0, 0.1) is 10.1 Å². The standard InChI is InChI=1S/C16H17NO5S/c1-16(2,3)12-7-6-8-13(11-12)23(20,21)22-15-10-5-4-9-14(15)17(18)19/h4-11H,1-3H3. The minimum Gasteiger partial charge on any atom is -0.372 e. The Labute approximate surface area is 135 Å². The van der Waals surface area contributed by atoms with Crippen LogP contribution >= 0.6 is 0 Å². The molecule has 0 N–H and O–H groups in total. The number of nitro groups is 1. The molecular weight excluding hydrogens is 318 g/mol. The van der Waals surface area contributed by atoms with Crippen molar-refractivity contribution in [2.24, 2.45) is 0 Å². The van der Waals surface area contributed by atoms with E-state index in [1.807, 2.05) is 26.8 Å². The van der Waals surface area contributed by atoms with E-state index >= 15 is 0 Å². The van der Waals surface area contributed by atoms with Gasteiger partial charge in [0.25, 0.3) is 0 Å². The Balaban J connectivity index is 2.43. The summed E-state index contributed by atoms with van der Waals surface area (Å²) in [6.07, 6.45) is 0. The molecule has 0 amide bonds. The summed E-state index contributed by atoms with van der Waals surface area (Å²) in [5.74, 6) is -0.307. The van der Waals surface area contributed by atoms with Gasteiger partial charge in [-0.3, -0.25) is 10.1 Å². The minimum absolute atomic E-state index is 0.0388. The SMILES string of the molecule is CC(C)(C)c1cccc(S(=O)(=O)Oc2ccccc2[N+](=O)[O-])c1. The van der Waals surface area contributed by atoms with E-state index in [1.54, 1.807) is 6.07 Å². The van der Waals surface area contributed by atoms with E-state index in [4.69, 9.17) is 4.18 Å². The van der Waals surface area contributed by atoms with Gasteiger partial charge >= 0.3 is 15.8 Å². The molecule has 0 aliphatic carbocycles. The van der Waals surface area contributed by atoms with Crippen molar-refractivity contribution in [2.75, 3.05) is 0 Å². The second-order valence-electron chi connectivity index (χ2n) is 6.04. The lowest BCUT2D eigenvalue weighted by Gasteiger charge is -2.19. The molecule has 0 radical (unpaired) electrons. The van der Waals surface area contributed by atoms with Crippen molar-refractivity contribution in [3.63, 3.8) is 0 Å².